The summed E-state index contributed by atoms with van der Waals surface area (Å²) in [5, 5.41) is 0. The molecule has 0 nitrogen and oxygen atoms in total. The Hall–Kier alpha value is 0.925. The van der Waals surface area contributed by atoms with E-state index in [0.29, 0.717) is 0 Å². The Morgan fingerprint density at radius 2 is 3.25 bits per heavy atom. The van der Waals surface area contributed by atoms with Gasteiger partial charge in [0.2, 0.25) is 0 Å². The average Bonchev–Trinajstić information content (AvgIpc) is 1.36. The van der Waals surface area contributed by atoms with Crippen molar-refractivity contribution in [3.05, 3.63) is 0 Å². The highest BCUT2D eigenvalue weighted by molar-refractivity contribution is 8.03. The lowest BCUT2D eigenvalue weighted by molar-refractivity contribution is 2.24. The molecule has 3 atom stereocenters. The summed E-state index contributed by atoms with van der Waals surface area (Å²) in [4.78, 5) is 0. The molecule has 0 aromatic rings. The van der Waals surface area contributed by atoms with Crippen molar-refractivity contribution in [3.63, 3.8) is 0 Å². The van der Waals surface area contributed by atoms with Crippen LogP contribution in [0.4, 0.5) is 0 Å². The molecule has 0 radical (unpaired) electrons. The van der Waals surface area contributed by atoms with Gasteiger partial charge in [-0.2, -0.15) is 0 Å². The van der Waals surface area contributed by atoms with Gasteiger partial charge in [-0.15, -0.1) is 17.1 Å². The van der Waals surface area contributed by atoms with E-state index in [1.807, 2.05) is 0 Å². The van der Waals surface area contributed by atoms with E-state index in [-0.39, 0.29) is 6.04 Å². The third-order valence-electron chi connectivity index (χ3n) is 0.149. The normalized spacial score (nSPS) is 30.2. The zero-order valence-corrected chi connectivity index (χ0v) is 4.65. The van der Waals surface area contributed by atoms with Crippen LogP contribution < -0.4 is 0 Å². The van der Waals surface area contributed by atoms with Gasteiger partial charge in [-0.25, -0.2) is 0 Å². The van der Waals surface area contributed by atoms with E-state index < -0.39 is 8.21 Å². The van der Waals surface area contributed by atoms with Gasteiger partial charge in [0, 0.05) is 1.37 Å². The van der Waals surface area contributed by atoms with E-state index in [1.54, 1.807) is 7.85 Å². The fourth-order valence-corrected chi connectivity index (χ4v) is 0. The van der Waals surface area contributed by atoms with Crippen molar-refractivity contribution in [2.45, 2.75) is 0 Å². The Bertz CT molecular complexity index is 32.5. The summed E-state index contributed by atoms with van der Waals surface area (Å²) in [6.45, 7) is 0. The highest BCUT2D eigenvalue weighted by Gasteiger charge is 1.56. The largest absolute Gasteiger partial charge is 0.115 e. The Labute approximate surface area is 34.7 Å². The van der Waals surface area contributed by atoms with Crippen LogP contribution in [0.5, 0.6) is 0 Å². The maximum atomic E-state index is 6.87. The molecule has 0 fully saturated rings. The van der Waals surface area contributed by atoms with Gasteiger partial charge in [0.15, 0.2) is 0 Å². The molecular weight excluding hydrogens is 84.8 g/mol. The molecule has 0 aromatic carbocycles. The molecule has 0 N–H and O–H groups in total. The highest BCUT2D eigenvalue weighted by atomic mass is 32.0. The van der Waals surface area contributed by atoms with Crippen LogP contribution in [0.1, 0.15) is 1.37 Å². The van der Waals surface area contributed by atoms with Crippen LogP contribution in [0.25, 0.3) is 0 Å². The lowest BCUT2D eigenvalue weighted by Gasteiger charge is -1.68. The monoisotopic (exact) mass is 95.0 g/mol. The molecule has 3 unspecified atom stereocenters. The maximum Gasteiger partial charge on any atom is 0.106 e. The summed E-state index contributed by atoms with van der Waals surface area (Å²) >= 11 is 0. The zero-order valence-electron chi connectivity index (χ0n) is 4.60. The fourth-order valence-electron chi connectivity index (χ4n) is 0. The second-order valence-corrected chi connectivity index (χ2v) is 2.12. The van der Waals surface area contributed by atoms with Crippen molar-refractivity contribution < 1.29 is 1.37 Å². The summed E-state index contributed by atoms with van der Waals surface area (Å²) < 4.78 is 13.7. The van der Waals surface area contributed by atoms with Gasteiger partial charge < -0.3 is 0 Å². The third-order valence-corrected chi connectivity index (χ3v) is 1.34. The minimum absolute atomic E-state index is 0.204. The van der Waals surface area contributed by atoms with Crippen LogP contribution in [-0.4, -0.2) is 15.2 Å². The molecular formula is CH7BP2. The Kier molecular flexibility index (Phi) is 2.12. The van der Waals surface area contributed by atoms with Crippen molar-refractivity contribution >= 4 is 25.0 Å². The second kappa shape index (κ2) is 3.92. The summed E-state index contributed by atoms with van der Waals surface area (Å²) in [7, 11) is 3.22. The molecule has 0 aliphatic carbocycles. The molecule has 0 heterocycles. The van der Waals surface area contributed by atoms with Crippen LogP contribution in [0.2, 0.25) is 0 Å². The van der Waals surface area contributed by atoms with E-state index in [9.17, 15) is 0 Å². The summed E-state index contributed by atoms with van der Waals surface area (Å²) in [6.07, 6.45) is 0. The molecule has 0 spiro atoms. The first kappa shape index (κ1) is 2.16. The molecule has 0 saturated carbocycles. The van der Waals surface area contributed by atoms with Gasteiger partial charge in [0.25, 0.3) is 0 Å². The Balaban J connectivity index is 2.99. The molecule has 4 heavy (non-hydrogen) atoms. The second-order valence-electron chi connectivity index (χ2n) is 0.407. The minimum Gasteiger partial charge on any atom is -0.115 e. The van der Waals surface area contributed by atoms with Crippen molar-refractivity contribution in [2.24, 2.45) is 0 Å². The van der Waals surface area contributed by atoms with Crippen LogP contribution >= 0.6 is 17.1 Å². The van der Waals surface area contributed by atoms with Gasteiger partial charge in [-0.1, -0.05) is 6.04 Å². The molecule has 0 rings (SSSR count). The fraction of sp³-hybridized carbons (Fsp3) is 1.00. The smallest absolute Gasteiger partial charge is 0.106 e. The summed E-state index contributed by atoms with van der Waals surface area (Å²) in [5.74, 6) is 0. The van der Waals surface area contributed by atoms with Crippen LogP contribution in [0.15, 0.2) is 0 Å². The standard InChI is InChI=1S/CH7BP2/c2-1-4-3/h4H,1-3H2/i1T,4D. The SMILES string of the molecule is [2H]P(P)C([3H])B. The minimum atomic E-state index is -0.826. The zero-order chi connectivity index (χ0) is 5.15. The molecule has 0 bridgehead atoms. The molecule has 3 heteroatoms. The molecule has 24 valence electrons. The highest BCUT2D eigenvalue weighted by Crippen LogP contribution is 2.15. The Morgan fingerprint density at radius 1 is 3.00 bits per heavy atom. The molecule has 0 aliphatic rings. The molecule has 0 aromatic heterocycles. The van der Waals surface area contributed by atoms with Crippen LogP contribution in [0.3, 0.4) is 0 Å². The quantitative estimate of drug-likeness (QED) is 0.318. The van der Waals surface area contributed by atoms with Gasteiger partial charge in [0.05, 0.1) is 1.28 Å². The van der Waals surface area contributed by atoms with Crippen LogP contribution in [-0.2, 0) is 0 Å². The number of hydrogen-bond acceptors (Lipinski definition) is 0. The van der Waals surface area contributed by atoms with Gasteiger partial charge in [-0.3, -0.25) is 0 Å². The average molecular weight is 94.8 g/mol. The van der Waals surface area contributed by atoms with Gasteiger partial charge >= 0.3 is 0 Å². The lowest BCUT2D eigenvalue weighted by Crippen LogP contribution is -1.55. The Morgan fingerprint density at radius 3 is 3.25 bits per heavy atom. The van der Waals surface area contributed by atoms with E-state index in [4.69, 9.17) is 2.65 Å². The maximum absolute atomic E-state index is 6.87. The van der Waals surface area contributed by atoms with Crippen molar-refractivity contribution in [1.82, 2.24) is 0 Å². The molecule has 0 amide bonds. The van der Waals surface area contributed by atoms with Crippen LogP contribution in [0, 0.1) is 0 Å². The number of rotatable bonds is 1. The van der Waals surface area contributed by atoms with E-state index in [1.165, 1.54) is 0 Å². The summed E-state index contributed by atoms with van der Waals surface area (Å²) in [5.41, 5.74) is 0. The predicted octanol–water partition coefficient (Wildman–Crippen LogP) is 0.0456. The topological polar surface area (TPSA) is 0 Å². The molecule has 0 saturated heterocycles. The lowest BCUT2D eigenvalue weighted by atomic mass is 10.2. The van der Waals surface area contributed by atoms with Gasteiger partial charge in [0.1, 0.15) is 7.85 Å². The van der Waals surface area contributed by atoms with Crippen molar-refractivity contribution in [3.8, 4) is 0 Å². The van der Waals surface area contributed by atoms with Crippen molar-refractivity contribution in [1.29, 1.82) is 1.28 Å². The van der Waals surface area contributed by atoms with Gasteiger partial charge in [-0.05, 0) is 0 Å². The predicted molar refractivity (Wildman–Crippen MR) is 31.4 cm³/mol. The van der Waals surface area contributed by atoms with Crippen molar-refractivity contribution in [2.75, 3.05) is 6.04 Å². The third kappa shape index (κ3) is 2.92. The number of hydrogen-bond donors (Lipinski definition) is 0. The first-order chi connectivity index (χ1) is 2.64. The summed E-state index contributed by atoms with van der Waals surface area (Å²) in [6, 6.07) is -0.204. The van der Waals surface area contributed by atoms with E-state index in [0.717, 1.165) is 0 Å². The first-order valence-electron chi connectivity index (χ1n) is 2.12. The van der Waals surface area contributed by atoms with E-state index in [2.05, 4.69) is 8.93 Å². The first-order valence-corrected chi connectivity index (χ1v) is 3.68. The molecule has 0 aliphatic heterocycles. The van der Waals surface area contributed by atoms with E-state index >= 15 is 0 Å².